The zero-order valence-electron chi connectivity index (χ0n) is 13.2. The molecule has 0 fully saturated rings. The summed E-state index contributed by atoms with van der Waals surface area (Å²) in [7, 11) is 1.81. The first-order valence-electron chi connectivity index (χ1n) is 7.17. The van der Waals surface area contributed by atoms with Crippen LogP contribution in [0.5, 0.6) is 0 Å². The number of nitrogens with one attached hydrogen (secondary N) is 1. The first kappa shape index (κ1) is 17.7. The number of aromatic nitrogens is 2. The fraction of sp³-hybridized carbons (Fsp3) is 0.400. The molecule has 2 rings (SSSR count). The summed E-state index contributed by atoms with van der Waals surface area (Å²) in [6.45, 7) is 4.54. The van der Waals surface area contributed by atoms with Crippen LogP contribution in [-0.2, 0) is 11.5 Å². The number of hydrogen-bond acceptors (Lipinski definition) is 5. The van der Waals surface area contributed by atoms with Gasteiger partial charge in [0, 0.05) is 16.6 Å². The SMILES string of the molecule is CC(C)c1nn(CN(C)CC(=O)Nc2ccc(Cl)cc2)c(=S)o1. The maximum Gasteiger partial charge on any atom is 0.288 e. The maximum absolute atomic E-state index is 12.0. The van der Waals surface area contributed by atoms with E-state index in [-0.39, 0.29) is 18.4 Å². The summed E-state index contributed by atoms with van der Waals surface area (Å²) < 4.78 is 6.99. The van der Waals surface area contributed by atoms with Crippen LogP contribution < -0.4 is 5.32 Å². The predicted molar refractivity (Wildman–Crippen MR) is 92.1 cm³/mol. The largest absolute Gasteiger partial charge is 0.414 e. The van der Waals surface area contributed by atoms with Crippen LogP contribution in [0.3, 0.4) is 0 Å². The number of anilines is 1. The average Bonchev–Trinajstić information content (AvgIpc) is 2.82. The van der Waals surface area contributed by atoms with Gasteiger partial charge in [-0.2, -0.15) is 0 Å². The molecule has 1 amide bonds. The minimum absolute atomic E-state index is 0.131. The van der Waals surface area contributed by atoms with Crippen molar-refractivity contribution >= 4 is 35.4 Å². The van der Waals surface area contributed by atoms with Crippen molar-refractivity contribution in [3.63, 3.8) is 0 Å². The van der Waals surface area contributed by atoms with E-state index in [1.54, 1.807) is 33.8 Å². The van der Waals surface area contributed by atoms with Crippen LogP contribution in [0.2, 0.25) is 5.02 Å². The summed E-state index contributed by atoms with van der Waals surface area (Å²) in [6.07, 6.45) is 0. The van der Waals surface area contributed by atoms with E-state index in [0.29, 0.717) is 28.1 Å². The van der Waals surface area contributed by atoms with Crippen molar-refractivity contribution in [1.29, 1.82) is 0 Å². The Hall–Kier alpha value is -1.70. The quantitative estimate of drug-likeness (QED) is 0.804. The van der Waals surface area contributed by atoms with Crippen LogP contribution in [-0.4, -0.2) is 34.2 Å². The molecular formula is C15H19ClN4O2S. The van der Waals surface area contributed by atoms with Crippen LogP contribution in [0.25, 0.3) is 0 Å². The van der Waals surface area contributed by atoms with E-state index in [9.17, 15) is 4.79 Å². The molecule has 8 heteroatoms. The molecule has 0 aliphatic rings. The van der Waals surface area contributed by atoms with E-state index in [1.807, 2.05) is 20.9 Å². The summed E-state index contributed by atoms with van der Waals surface area (Å²) in [5.41, 5.74) is 0.702. The lowest BCUT2D eigenvalue weighted by atomic mass is 10.2. The molecule has 124 valence electrons. The van der Waals surface area contributed by atoms with Crippen molar-refractivity contribution in [2.45, 2.75) is 26.4 Å². The Morgan fingerprint density at radius 1 is 1.43 bits per heavy atom. The smallest absolute Gasteiger partial charge is 0.288 e. The minimum atomic E-state index is -0.131. The van der Waals surface area contributed by atoms with E-state index in [1.165, 1.54) is 0 Å². The lowest BCUT2D eigenvalue weighted by Crippen LogP contribution is -2.32. The van der Waals surface area contributed by atoms with Gasteiger partial charge in [0.1, 0.15) is 0 Å². The topological polar surface area (TPSA) is 63.3 Å². The molecular weight excluding hydrogens is 336 g/mol. The zero-order valence-corrected chi connectivity index (χ0v) is 14.8. The number of benzene rings is 1. The summed E-state index contributed by atoms with van der Waals surface area (Å²) in [4.78, 5) is 14.1. The van der Waals surface area contributed by atoms with Crippen molar-refractivity contribution in [2.75, 3.05) is 18.9 Å². The maximum atomic E-state index is 12.0. The van der Waals surface area contributed by atoms with Gasteiger partial charge < -0.3 is 9.73 Å². The number of halogens is 1. The van der Waals surface area contributed by atoms with E-state index in [2.05, 4.69) is 10.4 Å². The third-order valence-corrected chi connectivity index (χ3v) is 3.58. The molecule has 0 unspecified atom stereocenters. The molecule has 1 heterocycles. The van der Waals surface area contributed by atoms with Gasteiger partial charge in [-0.05, 0) is 43.5 Å². The van der Waals surface area contributed by atoms with Crippen molar-refractivity contribution in [2.24, 2.45) is 0 Å². The van der Waals surface area contributed by atoms with Gasteiger partial charge in [-0.15, -0.1) is 5.10 Å². The van der Waals surface area contributed by atoms with Gasteiger partial charge in [0.05, 0.1) is 13.2 Å². The Balaban J connectivity index is 1.91. The second-order valence-electron chi connectivity index (χ2n) is 5.57. The number of carbonyl (C=O) groups is 1. The van der Waals surface area contributed by atoms with Crippen LogP contribution in [0.15, 0.2) is 28.7 Å². The first-order chi connectivity index (χ1) is 10.8. The highest BCUT2D eigenvalue weighted by Crippen LogP contribution is 2.14. The second-order valence-corrected chi connectivity index (χ2v) is 6.36. The number of likely N-dealkylation sites (N-methyl/N-ethyl adjacent to an activating group) is 1. The number of rotatable bonds is 6. The standard InChI is InChI=1S/C15H19ClN4O2S/c1-10(2)14-18-20(15(23)22-14)9-19(3)8-13(21)17-12-6-4-11(16)5-7-12/h4-7,10H,8-9H2,1-3H3,(H,17,21). The molecule has 23 heavy (non-hydrogen) atoms. The van der Waals surface area contributed by atoms with Crippen molar-refractivity contribution in [1.82, 2.24) is 14.7 Å². The van der Waals surface area contributed by atoms with Gasteiger partial charge in [-0.1, -0.05) is 25.4 Å². The highest BCUT2D eigenvalue weighted by molar-refractivity contribution is 7.71. The van der Waals surface area contributed by atoms with Crippen LogP contribution in [0, 0.1) is 4.84 Å². The molecule has 0 bridgehead atoms. The van der Waals surface area contributed by atoms with Crippen LogP contribution >= 0.6 is 23.8 Å². The summed E-state index contributed by atoms with van der Waals surface area (Å²) in [5, 5.41) is 7.74. The highest BCUT2D eigenvalue weighted by atomic mass is 35.5. The third kappa shape index (κ3) is 5.16. The molecule has 0 spiro atoms. The second kappa shape index (κ2) is 7.72. The third-order valence-electron chi connectivity index (χ3n) is 3.03. The molecule has 2 aromatic rings. The lowest BCUT2D eigenvalue weighted by Gasteiger charge is -2.15. The molecule has 0 aliphatic heterocycles. The van der Waals surface area contributed by atoms with Gasteiger partial charge in [0.25, 0.3) is 4.84 Å². The number of hydrogen-bond donors (Lipinski definition) is 1. The monoisotopic (exact) mass is 354 g/mol. The number of amides is 1. The molecule has 0 saturated heterocycles. The van der Waals surface area contributed by atoms with E-state index < -0.39 is 0 Å². The molecule has 1 aromatic carbocycles. The molecule has 0 atom stereocenters. The van der Waals surface area contributed by atoms with Gasteiger partial charge in [-0.3, -0.25) is 9.69 Å². The molecule has 1 N–H and O–H groups in total. The average molecular weight is 355 g/mol. The summed E-state index contributed by atoms with van der Waals surface area (Å²) >= 11 is 10.9. The van der Waals surface area contributed by atoms with Crippen LogP contribution in [0.1, 0.15) is 25.7 Å². The molecule has 6 nitrogen and oxygen atoms in total. The zero-order chi connectivity index (χ0) is 17.0. The molecule has 0 aliphatic carbocycles. The Bertz CT molecular complexity index is 724. The normalized spacial score (nSPS) is 11.2. The molecule has 0 saturated carbocycles. The summed E-state index contributed by atoms with van der Waals surface area (Å²) in [6, 6.07) is 6.96. The lowest BCUT2D eigenvalue weighted by molar-refractivity contribution is -0.117. The Kier molecular flexibility index (Phi) is 5.92. The molecule has 0 radical (unpaired) electrons. The number of nitrogens with zero attached hydrogens (tertiary/aromatic N) is 3. The predicted octanol–water partition coefficient (Wildman–Crippen LogP) is 3.51. The fourth-order valence-corrected chi connectivity index (χ4v) is 2.21. The Morgan fingerprint density at radius 3 is 2.65 bits per heavy atom. The summed E-state index contributed by atoms with van der Waals surface area (Å²) in [5.74, 6) is 0.624. The van der Waals surface area contributed by atoms with Gasteiger partial charge in [0.15, 0.2) is 0 Å². The van der Waals surface area contributed by atoms with Crippen molar-refractivity contribution < 1.29 is 9.21 Å². The van der Waals surface area contributed by atoms with Crippen LogP contribution in [0.4, 0.5) is 5.69 Å². The van der Waals surface area contributed by atoms with E-state index in [0.717, 1.165) is 0 Å². The van der Waals surface area contributed by atoms with E-state index >= 15 is 0 Å². The first-order valence-corrected chi connectivity index (χ1v) is 7.95. The Morgan fingerprint density at radius 2 is 2.09 bits per heavy atom. The fourth-order valence-electron chi connectivity index (χ4n) is 1.90. The van der Waals surface area contributed by atoms with E-state index in [4.69, 9.17) is 28.2 Å². The van der Waals surface area contributed by atoms with Crippen molar-refractivity contribution in [3.8, 4) is 0 Å². The number of carbonyl (C=O) groups excluding carboxylic acids is 1. The Labute approximate surface area is 145 Å². The van der Waals surface area contributed by atoms with Gasteiger partial charge in [0.2, 0.25) is 11.8 Å². The molecule has 1 aromatic heterocycles. The highest BCUT2D eigenvalue weighted by Gasteiger charge is 2.12. The van der Waals surface area contributed by atoms with Gasteiger partial charge >= 0.3 is 0 Å². The van der Waals surface area contributed by atoms with Crippen molar-refractivity contribution in [3.05, 3.63) is 40.0 Å². The van der Waals surface area contributed by atoms with Gasteiger partial charge in [-0.25, -0.2) is 4.68 Å². The minimum Gasteiger partial charge on any atom is -0.414 e.